The quantitative estimate of drug-likeness (QED) is 0.112. The van der Waals surface area contributed by atoms with E-state index in [0.29, 0.717) is 11.8 Å². The number of nitrogens with zero attached hydrogens (tertiary/aromatic N) is 3. The molecular formula is C54H53IrN3SSi-2. The molecule has 6 aromatic carbocycles. The monoisotopic (exact) mass is 996 g/mol. The van der Waals surface area contributed by atoms with Crippen LogP contribution in [0, 0.1) is 31.2 Å². The van der Waals surface area contributed by atoms with Crippen LogP contribution < -0.4 is 5.19 Å². The summed E-state index contributed by atoms with van der Waals surface area (Å²) in [6.45, 7) is 20.7. The zero-order valence-corrected chi connectivity index (χ0v) is 40.4. The number of aromatic nitrogens is 3. The van der Waals surface area contributed by atoms with Gasteiger partial charge in [-0.05, 0) is 106 Å². The largest absolute Gasteiger partial charge is 0.333 e. The smallest absolute Gasteiger partial charge is 0.0798 e. The fourth-order valence-corrected chi connectivity index (χ4v) is 10.8. The molecule has 3 nitrogen and oxygen atoms in total. The van der Waals surface area contributed by atoms with Crippen LogP contribution in [0.1, 0.15) is 55.9 Å². The average Bonchev–Trinajstić information content (AvgIpc) is 3.81. The minimum Gasteiger partial charge on any atom is -0.333 e. The van der Waals surface area contributed by atoms with Crippen LogP contribution >= 0.6 is 11.3 Å². The number of fused-ring (bicyclic) bond motifs is 3. The van der Waals surface area contributed by atoms with E-state index in [-0.39, 0.29) is 20.1 Å². The van der Waals surface area contributed by atoms with Crippen molar-refractivity contribution in [3.8, 4) is 39.5 Å². The first-order valence-corrected chi connectivity index (χ1v) is 25.2. The van der Waals surface area contributed by atoms with E-state index in [2.05, 4.69) is 198 Å². The van der Waals surface area contributed by atoms with Gasteiger partial charge in [-0.3, -0.25) is 16.3 Å². The third-order valence-electron chi connectivity index (χ3n) is 11.2. The van der Waals surface area contributed by atoms with Crippen LogP contribution in [0.5, 0.6) is 0 Å². The Balaban J connectivity index is 0.000000220. The van der Waals surface area contributed by atoms with Gasteiger partial charge in [0, 0.05) is 32.0 Å². The van der Waals surface area contributed by atoms with Crippen LogP contribution in [0.2, 0.25) is 19.6 Å². The number of rotatable bonds is 8. The molecular weight excluding hydrogens is 943 g/mol. The molecule has 9 rings (SSSR count). The summed E-state index contributed by atoms with van der Waals surface area (Å²) in [6.07, 6.45) is 3.24. The minimum absolute atomic E-state index is 0. The van der Waals surface area contributed by atoms with Crippen molar-refractivity contribution in [3.05, 3.63) is 167 Å². The molecule has 305 valence electrons. The molecule has 60 heavy (non-hydrogen) atoms. The first-order chi connectivity index (χ1) is 28.4. The second-order valence-corrected chi connectivity index (χ2v) is 23.5. The van der Waals surface area contributed by atoms with Gasteiger partial charge < -0.3 is 9.55 Å². The normalized spacial score (nSPS) is 11.7. The number of imidazole rings is 1. The number of pyridine rings is 1. The van der Waals surface area contributed by atoms with Gasteiger partial charge in [-0.2, -0.15) is 0 Å². The van der Waals surface area contributed by atoms with E-state index >= 15 is 0 Å². The van der Waals surface area contributed by atoms with Crippen LogP contribution in [-0.2, 0) is 26.5 Å². The van der Waals surface area contributed by atoms with E-state index in [4.69, 9.17) is 4.98 Å². The van der Waals surface area contributed by atoms with E-state index in [1.54, 1.807) is 11.3 Å². The molecule has 3 heterocycles. The molecule has 0 unspecified atom stereocenters. The molecule has 0 aliphatic heterocycles. The van der Waals surface area contributed by atoms with Gasteiger partial charge in [-0.25, -0.2) is 0 Å². The topological polar surface area (TPSA) is 30.7 Å². The predicted molar refractivity (Wildman–Crippen MR) is 257 cm³/mol. The predicted octanol–water partition coefficient (Wildman–Crippen LogP) is 14.6. The average molecular weight is 996 g/mol. The maximum atomic E-state index is 5.19. The molecule has 0 fully saturated rings. The van der Waals surface area contributed by atoms with Gasteiger partial charge in [-0.1, -0.05) is 147 Å². The van der Waals surface area contributed by atoms with E-state index in [1.165, 1.54) is 59.4 Å². The molecule has 0 amide bonds. The molecule has 1 radical (unpaired) electrons. The molecule has 0 saturated heterocycles. The van der Waals surface area contributed by atoms with Gasteiger partial charge in [0.05, 0.1) is 24.9 Å². The van der Waals surface area contributed by atoms with E-state index in [1.807, 2.05) is 18.2 Å². The SMILES string of the molecule is CC(C)Cc1cc(-c2[c-]cccc2)ncc1[Si](C)(C)C.Cc1cc(-n2c(-c3[c-]sc4cc5ccc(C(C)C)cc5cc34)nc3ccccc32)cc(C)c1-c1ccccc1.[Ir]. The fraction of sp³-hybridized carbons (Fsp3) is 0.222. The van der Waals surface area contributed by atoms with Crippen molar-refractivity contribution in [1.29, 1.82) is 0 Å². The molecule has 3 aromatic heterocycles. The summed E-state index contributed by atoms with van der Waals surface area (Å²) in [5.74, 6) is 2.10. The molecule has 0 atom stereocenters. The Labute approximate surface area is 375 Å². The Morgan fingerprint density at radius 2 is 1.47 bits per heavy atom. The van der Waals surface area contributed by atoms with Crippen molar-refractivity contribution < 1.29 is 20.1 Å². The molecule has 0 saturated carbocycles. The molecule has 6 heteroatoms. The third kappa shape index (κ3) is 8.90. The van der Waals surface area contributed by atoms with Crippen LogP contribution in [0.3, 0.4) is 0 Å². The summed E-state index contributed by atoms with van der Waals surface area (Å²) in [5.41, 5.74) is 14.3. The molecule has 0 bridgehead atoms. The third-order valence-corrected chi connectivity index (χ3v) is 14.1. The van der Waals surface area contributed by atoms with E-state index in [9.17, 15) is 0 Å². The van der Waals surface area contributed by atoms with Crippen LogP contribution in [-0.4, -0.2) is 22.6 Å². The second kappa shape index (κ2) is 17.9. The molecule has 0 spiro atoms. The molecule has 0 aliphatic rings. The summed E-state index contributed by atoms with van der Waals surface area (Å²) < 4.78 is 3.55. The number of para-hydroxylation sites is 2. The van der Waals surface area contributed by atoms with Gasteiger partial charge in [-0.15, -0.1) is 41.3 Å². The number of hydrogen-bond acceptors (Lipinski definition) is 3. The second-order valence-electron chi connectivity index (χ2n) is 17.6. The number of aryl methyl sites for hydroxylation is 2. The van der Waals surface area contributed by atoms with Gasteiger partial charge in [0.1, 0.15) is 0 Å². The fourth-order valence-electron chi connectivity index (χ4n) is 8.33. The van der Waals surface area contributed by atoms with Crippen molar-refractivity contribution in [1.82, 2.24) is 14.5 Å². The first-order valence-electron chi connectivity index (χ1n) is 20.8. The van der Waals surface area contributed by atoms with Crippen molar-refractivity contribution in [3.63, 3.8) is 0 Å². The van der Waals surface area contributed by atoms with Gasteiger partial charge in [0.2, 0.25) is 0 Å². The summed E-state index contributed by atoms with van der Waals surface area (Å²) in [4.78, 5) is 9.87. The number of hydrogen-bond donors (Lipinski definition) is 0. The maximum absolute atomic E-state index is 5.19. The minimum atomic E-state index is -1.34. The Hall–Kier alpha value is -4.97. The number of thiophene rings is 1. The summed E-state index contributed by atoms with van der Waals surface area (Å²) >= 11 is 1.68. The molecule has 0 aliphatic carbocycles. The summed E-state index contributed by atoms with van der Waals surface area (Å²) in [7, 11) is -1.34. The van der Waals surface area contributed by atoms with Crippen molar-refractivity contribution in [2.75, 3.05) is 0 Å². The molecule has 9 aromatic rings. The molecule has 0 N–H and O–H groups in total. The van der Waals surface area contributed by atoms with Crippen molar-refractivity contribution >= 4 is 56.5 Å². The zero-order chi connectivity index (χ0) is 41.4. The van der Waals surface area contributed by atoms with Crippen molar-refractivity contribution in [2.45, 2.75) is 73.5 Å². The Bertz CT molecular complexity index is 2900. The standard InChI is InChI=1S/C36H29N2S.C18H24NSi.Ir/c1-22(2)26-14-15-27-20-34-30(19-28(27)18-26)31(21-39-34)36-37-32-12-8-9-13-33(32)38(36)29-16-23(3)35(24(4)17-29)25-10-6-5-7-11-25;1-14(2)11-16-12-17(15-9-7-6-8-10-15)19-13-18(16)20(3,4)5;/h5-20,22H,1-4H3;6-9,12-14H,11H2,1-5H3;/q2*-1;. The zero-order valence-electron chi connectivity index (χ0n) is 36.1. The van der Waals surface area contributed by atoms with Gasteiger partial charge in [0.25, 0.3) is 0 Å². The summed E-state index contributed by atoms with van der Waals surface area (Å²) in [6, 6.07) is 48.8. The number of benzene rings is 6. The van der Waals surface area contributed by atoms with Gasteiger partial charge >= 0.3 is 0 Å². The Morgan fingerprint density at radius 3 is 2.15 bits per heavy atom. The van der Waals surface area contributed by atoms with Crippen molar-refractivity contribution in [2.24, 2.45) is 5.92 Å². The van der Waals surface area contributed by atoms with E-state index < -0.39 is 8.07 Å². The van der Waals surface area contributed by atoms with Crippen LogP contribution in [0.15, 0.2) is 134 Å². The maximum Gasteiger partial charge on any atom is 0.0798 e. The van der Waals surface area contributed by atoms with Crippen LogP contribution in [0.25, 0.3) is 71.4 Å². The summed E-state index contributed by atoms with van der Waals surface area (Å²) in [5, 5.41) is 8.87. The Morgan fingerprint density at radius 1 is 0.750 bits per heavy atom. The van der Waals surface area contributed by atoms with E-state index in [0.717, 1.165) is 45.8 Å². The van der Waals surface area contributed by atoms with Gasteiger partial charge in [0.15, 0.2) is 0 Å². The first kappa shape index (κ1) is 43.1. The Kier molecular flexibility index (Phi) is 12.9. The van der Waals surface area contributed by atoms with Crippen LogP contribution in [0.4, 0.5) is 0 Å².